The number of hydrogen-bond donors (Lipinski definition) is 2. The third-order valence-corrected chi connectivity index (χ3v) is 4.54. The first-order valence-electron chi connectivity index (χ1n) is 7.35. The molecule has 0 bridgehead atoms. The summed E-state index contributed by atoms with van der Waals surface area (Å²) in [4.78, 5) is 2.44. The quantitative estimate of drug-likeness (QED) is 0.795. The molecule has 3 heteroatoms. The van der Waals surface area contributed by atoms with Gasteiger partial charge in [0.2, 0.25) is 0 Å². The number of likely N-dealkylation sites (tertiary alicyclic amines) is 1. The minimum absolute atomic E-state index is 0.0910. The van der Waals surface area contributed by atoms with Crippen molar-refractivity contribution in [3.8, 4) is 11.8 Å². The van der Waals surface area contributed by atoms with Gasteiger partial charge in [0.15, 0.2) is 0 Å². The van der Waals surface area contributed by atoms with E-state index in [0.717, 1.165) is 31.6 Å². The van der Waals surface area contributed by atoms with Crippen LogP contribution in [0.5, 0.6) is 0 Å². The summed E-state index contributed by atoms with van der Waals surface area (Å²) in [6.07, 6.45) is 2.06. The minimum atomic E-state index is -0.0996. The van der Waals surface area contributed by atoms with Crippen LogP contribution in [0.4, 0.5) is 0 Å². The van der Waals surface area contributed by atoms with E-state index in [2.05, 4.69) is 28.9 Å². The molecule has 1 aliphatic carbocycles. The standard InChI is InChI=1S/C17H21NO2/c19-8-2-5-13-3-1-4-14(9-13)10-18-11-15-6-7-17(20)16(15)12-18/h1,3-4,9,15-17,19-20H,6-8,10-12H2. The Kier molecular flexibility index (Phi) is 4.07. The molecular formula is C17H21NO2. The lowest BCUT2D eigenvalue weighted by molar-refractivity contribution is 0.123. The van der Waals surface area contributed by atoms with Crippen molar-refractivity contribution >= 4 is 0 Å². The van der Waals surface area contributed by atoms with Crippen molar-refractivity contribution in [3.63, 3.8) is 0 Å². The third kappa shape index (κ3) is 2.88. The highest BCUT2D eigenvalue weighted by Crippen LogP contribution is 2.38. The van der Waals surface area contributed by atoms with Crippen LogP contribution in [-0.2, 0) is 6.54 Å². The van der Waals surface area contributed by atoms with Gasteiger partial charge < -0.3 is 10.2 Å². The van der Waals surface area contributed by atoms with Gasteiger partial charge in [0.25, 0.3) is 0 Å². The molecule has 1 aromatic carbocycles. The molecule has 0 radical (unpaired) electrons. The number of aliphatic hydroxyl groups excluding tert-OH is 2. The van der Waals surface area contributed by atoms with E-state index < -0.39 is 0 Å². The van der Waals surface area contributed by atoms with Crippen molar-refractivity contribution < 1.29 is 10.2 Å². The number of benzene rings is 1. The van der Waals surface area contributed by atoms with E-state index in [-0.39, 0.29) is 12.7 Å². The first kappa shape index (κ1) is 13.6. The highest BCUT2D eigenvalue weighted by atomic mass is 16.3. The zero-order valence-electron chi connectivity index (χ0n) is 11.6. The summed E-state index contributed by atoms with van der Waals surface area (Å²) in [5.74, 6) is 6.79. The maximum Gasteiger partial charge on any atom is 0.104 e. The van der Waals surface area contributed by atoms with Gasteiger partial charge in [-0.25, -0.2) is 0 Å². The Labute approximate surface area is 120 Å². The monoisotopic (exact) mass is 271 g/mol. The molecule has 2 aliphatic rings. The number of aliphatic hydroxyl groups is 2. The molecule has 3 nitrogen and oxygen atoms in total. The van der Waals surface area contributed by atoms with Gasteiger partial charge in [-0.05, 0) is 36.5 Å². The second kappa shape index (κ2) is 5.97. The van der Waals surface area contributed by atoms with Crippen molar-refractivity contribution in [2.45, 2.75) is 25.5 Å². The van der Waals surface area contributed by atoms with Crippen LogP contribution in [0.1, 0.15) is 24.0 Å². The molecule has 3 unspecified atom stereocenters. The maximum absolute atomic E-state index is 9.96. The average molecular weight is 271 g/mol. The van der Waals surface area contributed by atoms with E-state index in [4.69, 9.17) is 5.11 Å². The average Bonchev–Trinajstić information content (AvgIpc) is 2.99. The van der Waals surface area contributed by atoms with E-state index in [1.165, 1.54) is 12.0 Å². The fourth-order valence-corrected chi connectivity index (χ4v) is 3.61. The lowest BCUT2D eigenvalue weighted by Gasteiger charge is -2.18. The molecule has 1 aromatic rings. The summed E-state index contributed by atoms with van der Waals surface area (Å²) < 4.78 is 0. The summed E-state index contributed by atoms with van der Waals surface area (Å²) >= 11 is 0. The predicted octanol–water partition coefficient (Wildman–Crippen LogP) is 1.23. The molecule has 3 atom stereocenters. The Morgan fingerprint density at radius 3 is 2.95 bits per heavy atom. The molecule has 1 saturated carbocycles. The van der Waals surface area contributed by atoms with Gasteiger partial charge in [-0.2, -0.15) is 0 Å². The van der Waals surface area contributed by atoms with Crippen molar-refractivity contribution in [2.75, 3.05) is 19.7 Å². The lowest BCUT2D eigenvalue weighted by Crippen LogP contribution is -2.24. The van der Waals surface area contributed by atoms with Gasteiger partial charge >= 0.3 is 0 Å². The molecule has 1 heterocycles. The van der Waals surface area contributed by atoms with Crippen LogP contribution in [0, 0.1) is 23.7 Å². The van der Waals surface area contributed by atoms with Gasteiger partial charge in [0.1, 0.15) is 6.61 Å². The van der Waals surface area contributed by atoms with Crippen molar-refractivity contribution in [1.82, 2.24) is 4.90 Å². The maximum atomic E-state index is 9.96. The van der Waals surface area contributed by atoms with Crippen molar-refractivity contribution in [1.29, 1.82) is 0 Å². The summed E-state index contributed by atoms with van der Waals surface area (Å²) in [6, 6.07) is 8.19. The van der Waals surface area contributed by atoms with Gasteiger partial charge in [-0.1, -0.05) is 24.0 Å². The van der Waals surface area contributed by atoms with Crippen LogP contribution in [0.3, 0.4) is 0 Å². The first-order chi connectivity index (χ1) is 9.76. The van der Waals surface area contributed by atoms with Crippen LogP contribution >= 0.6 is 0 Å². The largest absolute Gasteiger partial charge is 0.393 e. The molecule has 0 spiro atoms. The van der Waals surface area contributed by atoms with Crippen molar-refractivity contribution in [2.24, 2.45) is 11.8 Å². The molecule has 1 aliphatic heterocycles. The Balaban J connectivity index is 1.64. The lowest BCUT2D eigenvalue weighted by atomic mass is 10.00. The van der Waals surface area contributed by atoms with Crippen LogP contribution in [0.2, 0.25) is 0 Å². The van der Waals surface area contributed by atoms with Gasteiger partial charge in [-0.3, -0.25) is 4.90 Å². The Bertz CT molecular complexity index is 531. The summed E-state index contributed by atoms with van der Waals surface area (Å²) in [6.45, 7) is 2.94. The number of fused-ring (bicyclic) bond motifs is 1. The van der Waals surface area contributed by atoms with E-state index in [9.17, 15) is 5.11 Å². The molecule has 106 valence electrons. The summed E-state index contributed by atoms with van der Waals surface area (Å²) in [5.41, 5.74) is 2.21. The van der Waals surface area contributed by atoms with Gasteiger partial charge in [0.05, 0.1) is 6.10 Å². The van der Waals surface area contributed by atoms with Gasteiger partial charge in [-0.15, -0.1) is 0 Å². The molecule has 1 saturated heterocycles. The number of nitrogens with zero attached hydrogens (tertiary/aromatic N) is 1. The summed E-state index contributed by atoms with van der Waals surface area (Å²) in [5, 5.41) is 18.7. The molecule has 0 amide bonds. The third-order valence-electron chi connectivity index (χ3n) is 4.54. The zero-order chi connectivity index (χ0) is 13.9. The topological polar surface area (TPSA) is 43.7 Å². The highest BCUT2D eigenvalue weighted by molar-refractivity contribution is 5.37. The zero-order valence-corrected chi connectivity index (χ0v) is 11.6. The normalized spacial score (nSPS) is 29.0. The molecule has 20 heavy (non-hydrogen) atoms. The van der Waals surface area contributed by atoms with Crippen LogP contribution in [-0.4, -0.2) is 40.9 Å². The van der Waals surface area contributed by atoms with Crippen molar-refractivity contribution in [3.05, 3.63) is 35.4 Å². The molecule has 3 rings (SSSR count). The van der Waals surface area contributed by atoms with Crippen LogP contribution in [0.15, 0.2) is 24.3 Å². The number of rotatable bonds is 2. The van der Waals surface area contributed by atoms with E-state index in [0.29, 0.717) is 11.8 Å². The van der Waals surface area contributed by atoms with Crippen LogP contribution in [0.25, 0.3) is 0 Å². The number of hydrogen-bond acceptors (Lipinski definition) is 3. The minimum Gasteiger partial charge on any atom is -0.393 e. The molecule has 0 aromatic heterocycles. The Morgan fingerprint density at radius 1 is 1.25 bits per heavy atom. The van der Waals surface area contributed by atoms with Crippen LogP contribution < -0.4 is 0 Å². The van der Waals surface area contributed by atoms with Gasteiger partial charge in [0, 0.05) is 31.1 Å². The molecular weight excluding hydrogens is 250 g/mol. The Hall–Kier alpha value is -1.34. The van der Waals surface area contributed by atoms with E-state index >= 15 is 0 Å². The fraction of sp³-hybridized carbons (Fsp3) is 0.529. The Morgan fingerprint density at radius 2 is 2.15 bits per heavy atom. The molecule has 2 N–H and O–H groups in total. The summed E-state index contributed by atoms with van der Waals surface area (Å²) in [7, 11) is 0. The highest BCUT2D eigenvalue weighted by Gasteiger charge is 2.41. The second-order valence-corrected chi connectivity index (χ2v) is 5.92. The van der Waals surface area contributed by atoms with E-state index in [1.807, 2.05) is 12.1 Å². The second-order valence-electron chi connectivity index (χ2n) is 5.92. The fourth-order valence-electron chi connectivity index (χ4n) is 3.61. The SMILES string of the molecule is OCC#Cc1cccc(CN2CC3CCC(O)C3C2)c1. The van der Waals surface area contributed by atoms with E-state index in [1.54, 1.807) is 0 Å². The predicted molar refractivity (Wildman–Crippen MR) is 77.9 cm³/mol. The first-order valence-corrected chi connectivity index (χ1v) is 7.35. The molecule has 2 fully saturated rings. The smallest absolute Gasteiger partial charge is 0.104 e.